The van der Waals surface area contributed by atoms with Crippen molar-refractivity contribution >= 4 is 15.7 Å². The van der Waals surface area contributed by atoms with Gasteiger partial charge in [-0.05, 0) is 36.6 Å². The Labute approximate surface area is 136 Å². The quantitative estimate of drug-likeness (QED) is 0.674. The highest BCUT2D eigenvalue weighted by Gasteiger charge is 2.24. The molecule has 0 saturated carbocycles. The van der Waals surface area contributed by atoms with E-state index >= 15 is 0 Å². The highest BCUT2D eigenvalue weighted by molar-refractivity contribution is 7.92. The van der Waals surface area contributed by atoms with Crippen molar-refractivity contribution in [2.24, 2.45) is 0 Å². The van der Waals surface area contributed by atoms with Crippen LogP contribution in [-0.4, -0.2) is 18.6 Å². The van der Waals surface area contributed by atoms with Crippen LogP contribution in [0.25, 0.3) is 0 Å². The predicted molar refractivity (Wildman–Crippen MR) is 90.3 cm³/mol. The molecule has 3 N–H and O–H groups in total. The molecule has 6 heteroatoms. The van der Waals surface area contributed by atoms with Gasteiger partial charge in [-0.25, -0.2) is 8.42 Å². The Hall–Kier alpha value is -2.21. The Morgan fingerprint density at radius 3 is 2.39 bits per heavy atom. The number of hydrogen-bond donors (Lipinski definition) is 3. The van der Waals surface area contributed by atoms with Crippen LogP contribution in [0.15, 0.2) is 47.4 Å². The van der Waals surface area contributed by atoms with Crippen LogP contribution in [0.4, 0.5) is 5.69 Å². The van der Waals surface area contributed by atoms with Gasteiger partial charge in [-0.3, -0.25) is 4.72 Å². The van der Waals surface area contributed by atoms with E-state index in [1.807, 2.05) is 0 Å². The van der Waals surface area contributed by atoms with Crippen LogP contribution in [0.2, 0.25) is 0 Å². The number of nitrogens with one attached hydrogen (secondary N) is 1. The second kappa shape index (κ2) is 7.37. The van der Waals surface area contributed by atoms with Crippen LogP contribution in [0.1, 0.15) is 31.7 Å². The van der Waals surface area contributed by atoms with E-state index in [0.29, 0.717) is 17.7 Å². The van der Waals surface area contributed by atoms with Crippen LogP contribution in [0, 0.1) is 0 Å². The van der Waals surface area contributed by atoms with Crippen LogP contribution in [0.3, 0.4) is 0 Å². The Kier molecular flexibility index (Phi) is 5.50. The van der Waals surface area contributed by atoms with Gasteiger partial charge in [0.25, 0.3) is 10.0 Å². The zero-order valence-electron chi connectivity index (χ0n) is 13.0. The summed E-state index contributed by atoms with van der Waals surface area (Å²) in [6.45, 7) is 2.05. The standard InChI is InChI=1S/C17H21NO4S/c1-2-3-5-8-13-11-15(19)12-16(20)17(13)23(21,22)18-14-9-6-4-7-10-14/h4,6-7,9-12,18-20H,2-3,5,8H2,1H3. The minimum Gasteiger partial charge on any atom is -0.508 e. The van der Waals surface area contributed by atoms with Crippen molar-refractivity contribution in [3.63, 3.8) is 0 Å². The van der Waals surface area contributed by atoms with E-state index in [1.54, 1.807) is 30.3 Å². The zero-order chi connectivity index (χ0) is 16.9. The summed E-state index contributed by atoms with van der Waals surface area (Å²) in [6, 6.07) is 10.9. The number of rotatable bonds is 7. The second-order valence-corrected chi connectivity index (χ2v) is 7.00. The van der Waals surface area contributed by atoms with Gasteiger partial charge in [0.2, 0.25) is 0 Å². The van der Waals surface area contributed by atoms with Gasteiger partial charge in [0.15, 0.2) is 0 Å². The maximum absolute atomic E-state index is 12.6. The molecule has 0 atom stereocenters. The number of benzene rings is 2. The highest BCUT2D eigenvalue weighted by Crippen LogP contribution is 2.33. The number of phenolic OH excluding ortho intramolecular Hbond substituents is 2. The van der Waals surface area contributed by atoms with E-state index in [0.717, 1.165) is 25.3 Å². The van der Waals surface area contributed by atoms with Gasteiger partial charge in [0.05, 0.1) is 0 Å². The Morgan fingerprint density at radius 1 is 1.04 bits per heavy atom. The van der Waals surface area contributed by atoms with E-state index in [2.05, 4.69) is 11.6 Å². The number of para-hydroxylation sites is 1. The van der Waals surface area contributed by atoms with Gasteiger partial charge in [0.1, 0.15) is 16.4 Å². The maximum atomic E-state index is 12.6. The minimum absolute atomic E-state index is 0.146. The van der Waals surface area contributed by atoms with Crippen LogP contribution in [0.5, 0.6) is 11.5 Å². The third-order valence-electron chi connectivity index (χ3n) is 3.48. The fraction of sp³-hybridized carbons (Fsp3) is 0.294. The largest absolute Gasteiger partial charge is 0.508 e. The molecule has 0 unspecified atom stereocenters. The second-order valence-electron chi connectivity index (χ2n) is 5.38. The molecule has 0 radical (unpaired) electrons. The van der Waals surface area contributed by atoms with Crippen molar-refractivity contribution in [2.45, 2.75) is 37.5 Å². The normalized spacial score (nSPS) is 11.3. The minimum atomic E-state index is -3.94. The molecule has 0 aliphatic carbocycles. The number of aryl methyl sites for hydroxylation is 1. The molecule has 5 nitrogen and oxygen atoms in total. The average molecular weight is 335 g/mol. The lowest BCUT2D eigenvalue weighted by Crippen LogP contribution is -2.15. The molecule has 2 rings (SSSR count). The fourth-order valence-electron chi connectivity index (χ4n) is 2.43. The first-order chi connectivity index (χ1) is 10.9. The van der Waals surface area contributed by atoms with Gasteiger partial charge in [-0.15, -0.1) is 0 Å². The predicted octanol–water partition coefficient (Wildman–Crippen LogP) is 3.63. The highest BCUT2D eigenvalue weighted by atomic mass is 32.2. The third-order valence-corrected chi connectivity index (χ3v) is 4.99. The Balaban J connectivity index is 2.39. The monoisotopic (exact) mass is 335 g/mol. The lowest BCUT2D eigenvalue weighted by Gasteiger charge is -2.14. The van der Waals surface area contributed by atoms with Crippen molar-refractivity contribution in [1.82, 2.24) is 0 Å². The van der Waals surface area contributed by atoms with Crippen molar-refractivity contribution in [3.8, 4) is 11.5 Å². The summed E-state index contributed by atoms with van der Waals surface area (Å²) in [7, 11) is -3.94. The van der Waals surface area contributed by atoms with Gasteiger partial charge >= 0.3 is 0 Å². The van der Waals surface area contributed by atoms with Crippen LogP contribution in [-0.2, 0) is 16.4 Å². The molecule has 0 spiro atoms. The molecule has 0 aliphatic rings. The number of sulfonamides is 1. The lowest BCUT2D eigenvalue weighted by atomic mass is 10.1. The summed E-state index contributed by atoms with van der Waals surface area (Å²) in [5.41, 5.74) is 0.832. The van der Waals surface area contributed by atoms with E-state index in [-0.39, 0.29) is 10.6 Å². The first kappa shape index (κ1) is 17.1. The van der Waals surface area contributed by atoms with Crippen molar-refractivity contribution in [2.75, 3.05) is 4.72 Å². The Morgan fingerprint density at radius 2 is 1.74 bits per heavy atom. The number of anilines is 1. The first-order valence-electron chi connectivity index (χ1n) is 7.56. The van der Waals surface area contributed by atoms with Crippen LogP contribution < -0.4 is 4.72 Å². The number of aromatic hydroxyl groups is 2. The van der Waals surface area contributed by atoms with Crippen LogP contribution >= 0.6 is 0 Å². The SMILES string of the molecule is CCCCCc1cc(O)cc(O)c1S(=O)(=O)Nc1ccccc1. The summed E-state index contributed by atoms with van der Waals surface area (Å²) in [6.07, 6.45) is 3.20. The molecule has 0 aliphatic heterocycles. The third kappa shape index (κ3) is 4.39. The van der Waals surface area contributed by atoms with E-state index < -0.39 is 15.8 Å². The first-order valence-corrected chi connectivity index (χ1v) is 9.05. The molecular formula is C17H21NO4S. The van der Waals surface area contributed by atoms with E-state index in [9.17, 15) is 18.6 Å². The van der Waals surface area contributed by atoms with Gasteiger partial charge in [-0.2, -0.15) is 0 Å². The molecule has 23 heavy (non-hydrogen) atoms. The summed E-state index contributed by atoms with van der Waals surface area (Å²) < 4.78 is 27.7. The summed E-state index contributed by atoms with van der Waals surface area (Å²) in [5.74, 6) is -0.590. The summed E-state index contributed by atoms with van der Waals surface area (Å²) in [4.78, 5) is -0.171. The van der Waals surface area contributed by atoms with Crippen molar-refractivity contribution in [1.29, 1.82) is 0 Å². The number of phenols is 2. The Bertz CT molecular complexity index is 758. The fourth-order valence-corrected chi connectivity index (χ4v) is 3.82. The van der Waals surface area contributed by atoms with E-state index in [1.165, 1.54) is 6.07 Å². The maximum Gasteiger partial charge on any atom is 0.265 e. The molecule has 0 heterocycles. The molecule has 0 bridgehead atoms. The molecule has 124 valence electrons. The number of unbranched alkanes of at least 4 members (excludes halogenated alkanes) is 2. The smallest absolute Gasteiger partial charge is 0.265 e. The van der Waals surface area contributed by atoms with Gasteiger partial charge < -0.3 is 10.2 Å². The van der Waals surface area contributed by atoms with Gasteiger partial charge in [-0.1, -0.05) is 38.0 Å². The van der Waals surface area contributed by atoms with Crippen molar-refractivity contribution < 1.29 is 18.6 Å². The molecule has 0 saturated heterocycles. The molecule has 2 aromatic carbocycles. The summed E-state index contributed by atoms with van der Waals surface area (Å²) in [5, 5.41) is 19.7. The summed E-state index contributed by atoms with van der Waals surface area (Å²) >= 11 is 0. The van der Waals surface area contributed by atoms with Crippen molar-refractivity contribution in [3.05, 3.63) is 48.0 Å². The van der Waals surface area contributed by atoms with Gasteiger partial charge in [0, 0.05) is 11.8 Å². The zero-order valence-corrected chi connectivity index (χ0v) is 13.8. The molecule has 0 aromatic heterocycles. The molecule has 0 fully saturated rings. The molecular weight excluding hydrogens is 314 g/mol. The molecule has 2 aromatic rings. The number of hydrogen-bond acceptors (Lipinski definition) is 4. The van der Waals surface area contributed by atoms with E-state index in [4.69, 9.17) is 0 Å². The topological polar surface area (TPSA) is 86.6 Å². The molecule has 0 amide bonds. The average Bonchev–Trinajstić information content (AvgIpc) is 2.47. The lowest BCUT2D eigenvalue weighted by molar-refractivity contribution is 0.437.